The van der Waals surface area contributed by atoms with Crippen LogP contribution in [0.2, 0.25) is 5.15 Å². The maximum Gasteiger partial charge on any atom is 0.274 e. The number of aromatic amines is 1. The van der Waals surface area contributed by atoms with Gasteiger partial charge < -0.3 is 9.79 Å². The van der Waals surface area contributed by atoms with Gasteiger partial charge in [0.05, 0.1) is 0 Å². The Kier molecular flexibility index (Phi) is 5.01. The Balaban J connectivity index is 1.80. The molecular formula is C16H17ClFN3O3. The van der Waals surface area contributed by atoms with E-state index >= 15 is 0 Å². The zero-order valence-corrected chi connectivity index (χ0v) is 13.6. The summed E-state index contributed by atoms with van der Waals surface area (Å²) < 4.78 is 14.1. The van der Waals surface area contributed by atoms with Crippen LogP contribution in [0.4, 0.5) is 4.39 Å². The fraction of sp³-hybridized carbons (Fsp3) is 0.375. The zero-order valence-electron chi connectivity index (χ0n) is 12.8. The van der Waals surface area contributed by atoms with Gasteiger partial charge in [-0.05, 0) is 24.8 Å². The molecule has 1 aliphatic carbocycles. The molecule has 2 N–H and O–H groups in total. The number of carbonyl (C=O) groups is 1. The summed E-state index contributed by atoms with van der Waals surface area (Å²) in [6.07, 6.45) is 3.27. The van der Waals surface area contributed by atoms with E-state index in [1.807, 2.05) is 0 Å². The predicted molar refractivity (Wildman–Crippen MR) is 85.3 cm³/mol. The van der Waals surface area contributed by atoms with Crippen LogP contribution in [0.1, 0.15) is 35.3 Å². The molecule has 1 aliphatic rings. The largest absolute Gasteiger partial charge is 0.340 e. The fourth-order valence-corrected chi connectivity index (χ4v) is 2.84. The lowest BCUT2D eigenvalue weighted by molar-refractivity contribution is -0.137. The first-order valence-electron chi connectivity index (χ1n) is 7.67. The van der Waals surface area contributed by atoms with E-state index in [0.29, 0.717) is 18.0 Å². The van der Waals surface area contributed by atoms with E-state index in [9.17, 15) is 9.18 Å². The molecule has 1 amide bonds. The summed E-state index contributed by atoms with van der Waals surface area (Å²) in [6.45, 7) is 0.651. The van der Waals surface area contributed by atoms with Crippen LogP contribution in [0.15, 0.2) is 24.3 Å². The normalized spacial score (nSPS) is 14.3. The third-order valence-electron chi connectivity index (χ3n) is 4.25. The second-order valence-corrected chi connectivity index (χ2v) is 6.34. The maximum atomic E-state index is 14.1. The molecule has 3 rings (SSSR count). The van der Waals surface area contributed by atoms with Gasteiger partial charge in [-0.1, -0.05) is 24.1 Å². The Morgan fingerprint density at radius 2 is 2.25 bits per heavy atom. The number of aromatic nitrogens is 2. The van der Waals surface area contributed by atoms with Crippen LogP contribution in [-0.2, 0) is 6.54 Å². The molecular weight excluding hydrogens is 337 g/mol. The minimum atomic E-state index is -0.548. The van der Waals surface area contributed by atoms with E-state index in [2.05, 4.69) is 15.1 Å². The van der Waals surface area contributed by atoms with Crippen molar-refractivity contribution in [3.8, 4) is 5.75 Å². The summed E-state index contributed by atoms with van der Waals surface area (Å²) >= 11 is 5.79. The average molecular weight is 354 g/mol. The smallest absolute Gasteiger partial charge is 0.274 e. The summed E-state index contributed by atoms with van der Waals surface area (Å²) in [6, 6.07) is 5.46. The van der Waals surface area contributed by atoms with Gasteiger partial charge in [0.2, 0.25) is 0 Å². The van der Waals surface area contributed by atoms with Crippen molar-refractivity contribution in [3.63, 3.8) is 0 Å². The molecule has 1 aromatic carbocycles. The highest BCUT2D eigenvalue weighted by molar-refractivity contribution is 6.29. The van der Waals surface area contributed by atoms with Crippen LogP contribution in [0.25, 0.3) is 0 Å². The Hall–Kier alpha value is -2.12. The lowest BCUT2D eigenvalue weighted by Crippen LogP contribution is -2.37. The van der Waals surface area contributed by atoms with E-state index in [-0.39, 0.29) is 29.0 Å². The van der Waals surface area contributed by atoms with Gasteiger partial charge in [-0.2, -0.15) is 5.10 Å². The number of hydrogen-bond acceptors (Lipinski definition) is 4. The number of nitrogens with one attached hydrogen (secondary N) is 1. The van der Waals surface area contributed by atoms with Crippen LogP contribution in [0, 0.1) is 11.7 Å². The number of amides is 1. The van der Waals surface area contributed by atoms with Crippen molar-refractivity contribution in [1.29, 1.82) is 0 Å². The van der Waals surface area contributed by atoms with Crippen LogP contribution >= 0.6 is 11.6 Å². The van der Waals surface area contributed by atoms with Gasteiger partial charge in [0.15, 0.2) is 11.4 Å². The summed E-state index contributed by atoms with van der Waals surface area (Å²) in [4.78, 5) is 18.3. The molecule has 0 atom stereocenters. The maximum absolute atomic E-state index is 14.1. The van der Waals surface area contributed by atoms with E-state index < -0.39 is 5.82 Å². The number of nitrogens with zero attached hydrogens (tertiary/aromatic N) is 2. The number of H-pyrrole nitrogens is 1. The molecule has 1 saturated carbocycles. The molecule has 0 unspecified atom stereocenters. The van der Waals surface area contributed by atoms with Gasteiger partial charge in [0, 0.05) is 30.8 Å². The molecule has 0 bridgehead atoms. The van der Waals surface area contributed by atoms with E-state index in [0.717, 1.165) is 25.3 Å². The van der Waals surface area contributed by atoms with Gasteiger partial charge in [-0.25, -0.2) is 9.65 Å². The highest BCUT2D eigenvalue weighted by Crippen LogP contribution is 2.28. The minimum absolute atomic E-state index is 0.00667. The molecule has 0 saturated heterocycles. The SMILES string of the molecule is O=C(c1cc(Cl)[nH]n1)N(Cc1ccc(OO)cc1F)CC1CCC1. The van der Waals surface area contributed by atoms with Crippen LogP contribution in [0.5, 0.6) is 5.75 Å². The second-order valence-electron chi connectivity index (χ2n) is 5.93. The third kappa shape index (κ3) is 3.68. The molecule has 8 heteroatoms. The van der Waals surface area contributed by atoms with Gasteiger partial charge in [0.25, 0.3) is 5.91 Å². The topological polar surface area (TPSA) is 78.5 Å². The highest BCUT2D eigenvalue weighted by Gasteiger charge is 2.26. The number of benzene rings is 1. The standard InChI is InChI=1S/C16H17ClFN3O3/c17-15-7-14(19-20-15)16(22)21(8-10-2-1-3-10)9-11-4-5-12(24-23)6-13(11)18/h4-7,10,23H,1-3,8-9H2,(H,19,20). The van der Waals surface area contributed by atoms with Crippen LogP contribution in [-0.4, -0.2) is 32.8 Å². The molecule has 1 heterocycles. The van der Waals surface area contributed by atoms with Crippen LogP contribution in [0.3, 0.4) is 0 Å². The summed E-state index contributed by atoms with van der Waals surface area (Å²) in [7, 11) is 0. The monoisotopic (exact) mass is 353 g/mol. The fourth-order valence-electron chi connectivity index (χ4n) is 2.69. The molecule has 0 radical (unpaired) electrons. The van der Waals surface area contributed by atoms with Crippen molar-refractivity contribution in [2.45, 2.75) is 25.8 Å². The van der Waals surface area contributed by atoms with Gasteiger partial charge >= 0.3 is 0 Å². The molecule has 0 aliphatic heterocycles. The Morgan fingerprint density at radius 3 is 2.79 bits per heavy atom. The van der Waals surface area contributed by atoms with Crippen molar-refractivity contribution in [2.24, 2.45) is 5.92 Å². The van der Waals surface area contributed by atoms with Crippen molar-refractivity contribution < 1.29 is 19.3 Å². The van der Waals surface area contributed by atoms with Crippen molar-refractivity contribution >= 4 is 17.5 Å². The Labute approximate surface area is 143 Å². The zero-order chi connectivity index (χ0) is 17.1. The molecule has 1 fully saturated rings. The van der Waals surface area contributed by atoms with E-state index in [1.54, 1.807) is 4.90 Å². The van der Waals surface area contributed by atoms with Gasteiger partial charge in [-0.15, -0.1) is 0 Å². The van der Waals surface area contributed by atoms with Crippen LogP contribution < -0.4 is 4.89 Å². The first kappa shape index (κ1) is 16.7. The van der Waals surface area contributed by atoms with E-state index in [4.69, 9.17) is 16.9 Å². The molecule has 2 aromatic rings. The number of rotatable bonds is 6. The summed E-state index contributed by atoms with van der Waals surface area (Å²) in [5.41, 5.74) is 0.542. The van der Waals surface area contributed by atoms with Crippen molar-refractivity contribution in [3.05, 3.63) is 46.5 Å². The first-order valence-corrected chi connectivity index (χ1v) is 8.04. The lowest BCUT2D eigenvalue weighted by atomic mass is 9.85. The second kappa shape index (κ2) is 7.19. The molecule has 128 valence electrons. The van der Waals surface area contributed by atoms with Gasteiger partial charge in [-0.3, -0.25) is 9.89 Å². The van der Waals surface area contributed by atoms with Gasteiger partial charge in [0.1, 0.15) is 11.0 Å². The quantitative estimate of drug-likeness (QED) is 0.615. The third-order valence-corrected chi connectivity index (χ3v) is 4.44. The number of halogens is 2. The Bertz CT molecular complexity index is 733. The summed E-state index contributed by atoms with van der Waals surface area (Å²) in [5, 5.41) is 15.3. The summed E-state index contributed by atoms with van der Waals surface area (Å²) in [5.74, 6) is -0.418. The molecule has 24 heavy (non-hydrogen) atoms. The number of hydrogen-bond donors (Lipinski definition) is 2. The number of carbonyl (C=O) groups excluding carboxylic acids is 1. The lowest BCUT2D eigenvalue weighted by Gasteiger charge is -2.32. The molecule has 6 nitrogen and oxygen atoms in total. The first-order chi connectivity index (χ1) is 11.6. The van der Waals surface area contributed by atoms with Crippen molar-refractivity contribution in [1.82, 2.24) is 15.1 Å². The highest BCUT2D eigenvalue weighted by atomic mass is 35.5. The molecule has 0 spiro atoms. The van der Waals surface area contributed by atoms with E-state index in [1.165, 1.54) is 18.2 Å². The molecule has 1 aromatic heterocycles. The Morgan fingerprint density at radius 1 is 1.46 bits per heavy atom. The predicted octanol–water partition coefficient (Wildman–Crippen LogP) is 3.50. The minimum Gasteiger partial charge on any atom is -0.340 e. The average Bonchev–Trinajstić information content (AvgIpc) is 2.96. The van der Waals surface area contributed by atoms with Crippen molar-refractivity contribution in [2.75, 3.05) is 6.54 Å².